The molecule has 0 bridgehead atoms. The number of imidazole rings is 1. The van der Waals surface area contributed by atoms with Crippen molar-refractivity contribution in [2.45, 2.75) is 44.0 Å². The van der Waals surface area contributed by atoms with Gasteiger partial charge in [-0.2, -0.15) is 21.6 Å². The SMILES string of the molecule is C[C@H](C#Cc1ncc(F)cc1C1CCCN1c1ccc2ncn(S(=O)(=O)C(F)(F)F)c2n1)NC(=O)OCc1ccccc1. The highest BCUT2D eigenvalue weighted by Crippen LogP contribution is 2.37. The van der Waals surface area contributed by atoms with E-state index in [4.69, 9.17) is 4.74 Å². The number of alkyl carbamates (subject to hydrolysis) is 1. The van der Waals surface area contributed by atoms with Crippen molar-refractivity contribution in [3.63, 3.8) is 0 Å². The minimum atomic E-state index is -5.76. The molecular weight excluding hydrogens is 592 g/mol. The van der Waals surface area contributed by atoms with Crippen molar-refractivity contribution in [3.05, 3.63) is 83.7 Å². The summed E-state index contributed by atoms with van der Waals surface area (Å²) in [6.45, 7) is 2.12. The first-order chi connectivity index (χ1) is 20.4. The number of fused-ring (bicyclic) bond motifs is 1. The number of nitrogens with zero attached hydrogens (tertiary/aromatic N) is 5. The summed E-state index contributed by atoms with van der Waals surface area (Å²) in [5.74, 6) is 5.29. The average molecular weight is 617 g/mol. The fraction of sp³-hybridized carbons (Fsp3) is 0.286. The lowest BCUT2D eigenvalue weighted by molar-refractivity contribution is -0.0445. The molecular formula is C28H24F4N6O4S. The Bertz CT molecular complexity index is 1820. The number of aromatic nitrogens is 4. The number of benzene rings is 1. The highest BCUT2D eigenvalue weighted by molar-refractivity contribution is 7.90. The first-order valence-corrected chi connectivity index (χ1v) is 14.4. The molecule has 5 rings (SSSR count). The largest absolute Gasteiger partial charge is 0.517 e. The molecule has 1 saturated heterocycles. The van der Waals surface area contributed by atoms with E-state index in [1.54, 1.807) is 11.8 Å². The van der Waals surface area contributed by atoms with Crippen LogP contribution in [0.4, 0.5) is 28.2 Å². The number of carbonyl (C=O) groups excluding carboxylic acids is 1. The van der Waals surface area contributed by atoms with Crippen molar-refractivity contribution in [2.24, 2.45) is 0 Å². The van der Waals surface area contributed by atoms with Gasteiger partial charge >= 0.3 is 21.6 Å². The molecule has 0 aliphatic carbocycles. The summed E-state index contributed by atoms with van der Waals surface area (Å²) in [5.41, 5.74) is -4.64. The normalized spacial score (nSPS) is 16.0. The molecule has 1 amide bonds. The third-order valence-corrected chi connectivity index (χ3v) is 8.02. The molecule has 2 atom stereocenters. The zero-order chi connectivity index (χ0) is 30.8. The van der Waals surface area contributed by atoms with Crippen molar-refractivity contribution in [1.82, 2.24) is 24.2 Å². The first kappa shape index (κ1) is 29.8. The van der Waals surface area contributed by atoms with Gasteiger partial charge in [-0.25, -0.2) is 28.1 Å². The van der Waals surface area contributed by atoms with Gasteiger partial charge in [-0.1, -0.05) is 36.3 Å². The second-order valence-electron chi connectivity index (χ2n) is 9.64. The Balaban J connectivity index is 1.38. The third-order valence-electron chi connectivity index (χ3n) is 6.65. The van der Waals surface area contributed by atoms with Gasteiger partial charge in [-0.05, 0) is 49.4 Å². The summed E-state index contributed by atoms with van der Waals surface area (Å²) >= 11 is 0. The van der Waals surface area contributed by atoms with Crippen molar-refractivity contribution >= 4 is 33.1 Å². The van der Waals surface area contributed by atoms with E-state index < -0.39 is 45.2 Å². The quantitative estimate of drug-likeness (QED) is 0.245. The zero-order valence-electron chi connectivity index (χ0n) is 22.5. The Morgan fingerprint density at radius 1 is 1.19 bits per heavy atom. The van der Waals surface area contributed by atoms with Crippen LogP contribution in [0.5, 0.6) is 0 Å². The number of hydrogen-bond donors (Lipinski definition) is 1. The fourth-order valence-electron chi connectivity index (χ4n) is 4.64. The first-order valence-electron chi connectivity index (χ1n) is 13.0. The van der Waals surface area contributed by atoms with Gasteiger partial charge in [0.15, 0.2) is 5.65 Å². The van der Waals surface area contributed by atoms with Crippen LogP contribution in [0.1, 0.15) is 42.6 Å². The monoisotopic (exact) mass is 616 g/mol. The Hall–Kier alpha value is -4.71. The topological polar surface area (TPSA) is 119 Å². The van der Waals surface area contributed by atoms with Gasteiger partial charge in [0.1, 0.15) is 35.8 Å². The molecule has 4 aromatic rings. The number of pyridine rings is 2. The molecule has 1 aliphatic rings. The molecule has 43 heavy (non-hydrogen) atoms. The Kier molecular flexibility index (Phi) is 8.23. The van der Waals surface area contributed by atoms with E-state index in [-0.39, 0.29) is 27.6 Å². The van der Waals surface area contributed by atoms with Crippen LogP contribution < -0.4 is 10.2 Å². The van der Waals surface area contributed by atoms with Crippen LogP contribution in [0.15, 0.2) is 61.1 Å². The number of nitrogens with one attached hydrogen (secondary N) is 1. The summed E-state index contributed by atoms with van der Waals surface area (Å²) < 4.78 is 83.4. The molecule has 15 heteroatoms. The summed E-state index contributed by atoms with van der Waals surface area (Å²) in [6, 6.07) is 12.1. The van der Waals surface area contributed by atoms with E-state index in [0.29, 0.717) is 31.3 Å². The molecule has 1 aliphatic heterocycles. The highest BCUT2D eigenvalue weighted by atomic mass is 32.2. The van der Waals surface area contributed by atoms with Crippen LogP contribution in [0, 0.1) is 17.7 Å². The van der Waals surface area contributed by atoms with E-state index in [1.165, 1.54) is 18.2 Å². The van der Waals surface area contributed by atoms with Crippen LogP contribution in [-0.2, 0) is 21.4 Å². The standard InChI is InChI=1S/C28H24F4N6O4S/c1-18(35-27(39)42-16-19-6-3-2-4-7-19)9-10-22-21(14-20(29)15-33-22)24-8-5-13-37(24)25-12-11-23-26(36-25)38(17-34-23)43(40,41)28(30,31)32/h2-4,6-7,11-12,14-15,17-18,24H,5,8,13,16H2,1H3,(H,35,39)/t18-,24?/m1/s1. The molecule has 1 aromatic carbocycles. The molecule has 4 heterocycles. The maximum Gasteiger partial charge on any atom is 0.517 e. The zero-order valence-corrected chi connectivity index (χ0v) is 23.4. The third kappa shape index (κ3) is 6.38. The number of alkyl halides is 3. The predicted molar refractivity (Wildman–Crippen MR) is 148 cm³/mol. The predicted octanol–water partition coefficient (Wildman–Crippen LogP) is 4.67. The van der Waals surface area contributed by atoms with Crippen LogP contribution in [0.25, 0.3) is 11.2 Å². The number of carbonyl (C=O) groups is 1. The lowest BCUT2D eigenvalue weighted by Gasteiger charge is -2.26. The minimum absolute atomic E-state index is 0.00317. The Labute approximate surface area is 243 Å². The summed E-state index contributed by atoms with van der Waals surface area (Å²) in [4.78, 5) is 26.0. The van der Waals surface area contributed by atoms with Gasteiger partial charge in [0.2, 0.25) is 0 Å². The number of rotatable bonds is 6. The Morgan fingerprint density at radius 3 is 2.70 bits per heavy atom. The Morgan fingerprint density at radius 2 is 1.95 bits per heavy atom. The van der Waals surface area contributed by atoms with E-state index in [2.05, 4.69) is 32.1 Å². The molecule has 10 nitrogen and oxygen atoms in total. The molecule has 3 aromatic heterocycles. The molecule has 1 N–H and O–H groups in total. The lowest BCUT2D eigenvalue weighted by Crippen LogP contribution is -2.32. The van der Waals surface area contributed by atoms with Gasteiger partial charge in [0, 0.05) is 12.1 Å². The number of hydrogen-bond acceptors (Lipinski definition) is 8. The molecule has 0 spiro atoms. The van der Waals surface area contributed by atoms with Gasteiger partial charge in [-0.3, -0.25) is 0 Å². The summed E-state index contributed by atoms with van der Waals surface area (Å²) in [7, 11) is -5.76. The smallest absolute Gasteiger partial charge is 0.445 e. The number of amides is 1. The van der Waals surface area contributed by atoms with Gasteiger partial charge in [0.25, 0.3) is 0 Å². The molecule has 0 saturated carbocycles. The van der Waals surface area contributed by atoms with Crippen molar-refractivity contribution < 1.29 is 35.5 Å². The van der Waals surface area contributed by atoms with E-state index in [1.807, 2.05) is 30.3 Å². The average Bonchev–Trinajstić information content (AvgIpc) is 3.63. The second kappa shape index (κ2) is 11.9. The van der Waals surface area contributed by atoms with Crippen LogP contribution >= 0.6 is 0 Å². The van der Waals surface area contributed by atoms with Crippen LogP contribution in [0.3, 0.4) is 0 Å². The summed E-state index contributed by atoms with van der Waals surface area (Å²) in [6.07, 6.45) is 2.03. The highest BCUT2D eigenvalue weighted by Gasteiger charge is 2.48. The molecule has 1 fully saturated rings. The van der Waals surface area contributed by atoms with Crippen molar-refractivity contribution in [3.8, 4) is 11.8 Å². The van der Waals surface area contributed by atoms with Crippen LogP contribution in [0.2, 0.25) is 0 Å². The molecule has 1 unspecified atom stereocenters. The molecule has 224 valence electrons. The number of ether oxygens (including phenoxy) is 1. The van der Waals surface area contributed by atoms with E-state index in [9.17, 15) is 30.8 Å². The minimum Gasteiger partial charge on any atom is -0.445 e. The van der Waals surface area contributed by atoms with Gasteiger partial charge in [-0.15, -0.1) is 0 Å². The van der Waals surface area contributed by atoms with E-state index >= 15 is 0 Å². The van der Waals surface area contributed by atoms with Gasteiger partial charge < -0.3 is 15.0 Å². The van der Waals surface area contributed by atoms with E-state index in [0.717, 1.165) is 11.8 Å². The van der Waals surface area contributed by atoms with Crippen molar-refractivity contribution in [2.75, 3.05) is 11.4 Å². The number of halogens is 4. The number of anilines is 1. The maximum atomic E-state index is 14.4. The van der Waals surface area contributed by atoms with Crippen LogP contribution in [-0.4, -0.2) is 51.5 Å². The maximum absolute atomic E-state index is 14.4. The lowest BCUT2D eigenvalue weighted by atomic mass is 10.0. The molecule has 0 radical (unpaired) electrons. The van der Waals surface area contributed by atoms with Gasteiger partial charge in [0.05, 0.1) is 18.3 Å². The second-order valence-corrected chi connectivity index (χ2v) is 11.4. The van der Waals surface area contributed by atoms with Crippen molar-refractivity contribution in [1.29, 1.82) is 0 Å². The fourth-order valence-corrected chi connectivity index (χ4v) is 5.40. The summed E-state index contributed by atoms with van der Waals surface area (Å²) in [5, 5.41) is 2.60.